The lowest BCUT2D eigenvalue weighted by Gasteiger charge is -2.04. The van der Waals surface area contributed by atoms with Gasteiger partial charge in [0.1, 0.15) is 5.82 Å². The standard InChI is InChI=1S/C9H8FN3/c10-8-3-1-2-6-7(8)4-12-5-9(6)13-11/h1-5,13H,11H2. The molecule has 4 heteroatoms. The van der Waals surface area contributed by atoms with Crippen LogP contribution in [0.5, 0.6) is 0 Å². The first-order valence-electron chi connectivity index (χ1n) is 3.82. The SMILES string of the molecule is NNc1cncc2c(F)cccc12. The van der Waals surface area contributed by atoms with E-state index in [1.807, 2.05) is 0 Å². The second-order valence-electron chi connectivity index (χ2n) is 2.67. The number of halogens is 1. The predicted octanol–water partition coefficient (Wildman–Crippen LogP) is 1.66. The molecule has 1 aromatic heterocycles. The van der Waals surface area contributed by atoms with Gasteiger partial charge in [0.05, 0.1) is 11.9 Å². The van der Waals surface area contributed by atoms with E-state index in [0.717, 1.165) is 5.39 Å². The van der Waals surface area contributed by atoms with E-state index in [-0.39, 0.29) is 5.82 Å². The monoisotopic (exact) mass is 177 g/mol. The van der Waals surface area contributed by atoms with Crippen LogP contribution in [0.25, 0.3) is 10.8 Å². The Balaban J connectivity index is 2.84. The van der Waals surface area contributed by atoms with Crippen LogP contribution in [0.15, 0.2) is 30.6 Å². The van der Waals surface area contributed by atoms with Gasteiger partial charge in [-0.2, -0.15) is 0 Å². The minimum Gasteiger partial charge on any atom is -0.322 e. The van der Waals surface area contributed by atoms with Crippen LogP contribution in [0.2, 0.25) is 0 Å². The number of pyridine rings is 1. The van der Waals surface area contributed by atoms with E-state index < -0.39 is 0 Å². The van der Waals surface area contributed by atoms with Gasteiger partial charge in [-0.1, -0.05) is 12.1 Å². The Bertz CT molecular complexity index is 442. The molecule has 0 unspecified atom stereocenters. The fraction of sp³-hybridized carbons (Fsp3) is 0. The highest BCUT2D eigenvalue weighted by Gasteiger charge is 2.03. The summed E-state index contributed by atoms with van der Waals surface area (Å²) >= 11 is 0. The first kappa shape index (κ1) is 7.94. The summed E-state index contributed by atoms with van der Waals surface area (Å²) in [6.45, 7) is 0. The Hall–Kier alpha value is -1.68. The maximum Gasteiger partial charge on any atom is 0.132 e. The summed E-state index contributed by atoms with van der Waals surface area (Å²) in [6.07, 6.45) is 3.04. The lowest BCUT2D eigenvalue weighted by Crippen LogP contribution is -2.07. The Kier molecular flexibility index (Phi) is 1.83. The Morgan fingerprint density at radius 2 is 2.08 bits per heavy atom. The number of nitrogens with two attached hydrogens (primary N) is 1. The van der Waals surface area contributed by atoms with Crippen molar-refractivity contribution in [3.8, 4) is 0 Å². The van der Waals surface area contributed by atoms with Gasteiger partial charge in [-0.15, -0.1) is 0 Å². The highest BCUT2D eigenvalue weighted by molar-refractivity contribution is 5.92. The van der Waals surface area contributed by atoms with Crippen LogP contribution < -0.4 is 11.3 Å². The zero-order chi connectivity index (χ0) is 9.26. The molecule has 1 aromatic carbocycles. The summed E-state index contributed by atoms with van der Waals surface area (Å²) in [5.41, 5.74) is 3.09. The summed E-state index contributed by atoms with van der Waals surface area (Å²) in [7, 11) is 0. The van der Waals surface area contributed by atoms with Crippen molar-refractivity contribution in [2.75, 3.05) is 5.43 Å². The lowest BCUT2D eigenvalue weighted by atomic mass is 10.1. The number of hydrogen-bond acceptors (Lipinski definition) is 3. The van der Waals surface area contributed by atoms with Crippen molar-refractivity contribution in [3.63, 3.8) is 0 Å². The molecule has 0 fully saturated rings. The first-order valence-corrected chi connectivity index (χ1v) is 3.82. The number of aromatic nitrogens is 1. The van der Waals surface area contributed by atoms with Crippen LogP contribution in [0.4, 0.5) is 10.1 Å². The van der Waals surface area contributed by atoms with E-state index in [0.29, 0.717) is 11.1 Å². The van der Waals surface area contributed by atoms with E-state index in [9.17, 15) is 4.39 Å². The number of benzene rings is 1. The Morgan fingerprint density at radius 3 is 2.85 bits per heavy atom. The molecule has 0 radical (unpaired) electrons. The van der Waals surface area contributed by atoms with Crippen LogP contribution >= 0.6 is 0 Å². The fourth-order valence-corrected chi connectivity index (χ4v) is 1.27. The van der Waals surface area contributed by atoms with Crippen LogP contribution in [-0.4, -0.2) is 4.98 Å². The predicted molar refractivity (Wildman–Crippen MR) is 49.5 cm³/mol. The molecule has 0 saturated carbocycles. The molecular weight excluding hydrogens is 169 g/mol. The molecule has 2 aromatic rings. The van der Waals surface area contributed by atoms with Crippen molar-refractivity contribution in [1.29, 1.82) is 0 Å². The molecule has 66 valence electrons. The number of anilines is 1. The molecule has 0 atom stereocenters. The number of nitrogens with one attached hydrogen (secondary N) is 1. The van der Waals surface area contributed by atoms with E-state index >= 15 is 0 Å². The molecular formula is C9H8FN3. The molecule has 0 bridgehead atoms. The molecule has 0 aliphatic heterocycles. The molecule has 0 aliphatic carbocycles. The molecule has 0 spiro atoms. The zero-order valence-corrected chi connectivity index (χ0v) is 6.79. The summed E-state index contributed by atoms with van der Waals surface area (Å²) < 4.78 is 13.2. The normalized spacial score (nSPS) is 10.3. The van der Waals surface area contributed by atoms with Crippen molar-refractivity contribution in [1.82, 2.24) is 4.98 Å². The van der Waals surface area contributed by atoms with Crippen molar-refractivity contribution < 1.29 is 4.39 Å². The highest BCUT2D eigenvalue weighted by Crippen LogP contribution is 2.22. The molecule has 2 rings (SSSR count). The van der Waals surface area contributed by atoms with Crippen molar-refractivity contribution in [2.24, 2.45) is 5.84 Å². The number of hydrazine groups is 1. The number of hydrogen-bond donors (Lipinski definition) is 2. The van der Waals surface area contributed by atoms with Gasteiger partial charge < -0.3 is 5.43 Å². The molecule has 0 aliphatic rings. The Morgan fingerprint density at radius 1 is 1.23 bits per heavy atom. The van der Waals surface area contributed by atoms with Crippen molar-refractivity contribution >= 4 is 16.5 Å². The third-order valence-corrected chi connectivity index (χ3v) is 1.91. The smallest absolute Gasteiger partial charge is 0.132 e. The maximum atomic E-state index is 13.2. The van der Waals surface area contributed by atoms with Gasteiger partial charge in [0.2, 0.25) is 0 Å². The lowest BCUT2D eigenvalue weighted by molar-refractivity contribution is 0.639. The Labute approximate surface area is 74.4 Å². The summed E-state index contributed by atoms with van der Waals surface area (Å²) in [4.78, 5) is 3.86. The summed E-state index contributed by atoms with van der Waals surface area (Å²) in [6, 6.07) is 4.82. The number of fused-ring (bicyclic) bond motifs is 1. The van der Waals surface area contributed by atoms with Gasteiger partial charge >= 0.3 is 0 Å². The average Bonchev–Trinajstić information content (AvgIpc) is 2.18. The average molecular weight is 177 g/mol. The second kappa shape index (κ2) is 2.99. The molecule has 0 amide bonds. The largest absolute Gasteiger partial charge is 0.322 e. The molecule has 13 heavy (non-hydrogen) atoms. The van der Waals surface area contributed by atoms with Gasteiger partial charge in [-0.25, -0.2) is 4.39 Å². The fourth-order valence-electron chi connectivity index (χ4n) is 1.27. The minimum atomic E-state index is -0.290. The van der Waals surface area contributed by atoms with Crippen LogP contribution in [0, 0.1) is 5.82 Å². The number of nitrogen functional groups attached to an aromatic ring is 1. The van der Waals surface area contributed by atoms with Crippen LogP contribution in [0.1, 0.15) is 0 Å². The molecule has 3 nitrogen and oxygen atoms in total. The second-order valence-corrected chi connectivity index (χ2v) is 2.67. The van der Waals surface area contributed by atoms with Gasteiger partial charge in [0.15, 0.2) is 0 Å². The van der Waals surface area contributed by atoms with Gasteiger partial charge in [-0.05, 0) is 6.07 Å². The minimum absolute atomic E-state index is 0.290. The van der Waals surface area contributed by atoms with Gasteiger partial charge in [-0.3, -0.25) is 10.8 Å². The van der Waals surface area contributed by atoms with Crippen molar-refractivity contribution in [3.05, 3.63) is 36.4 Å². The van der Waals surface area contributed by atoms with Crippen LogP contribution in [0.3, 0.4) is 0 Å². The topological polar surface area (TPSA) is 50.9 Å². The summed E-state index contributed by atoms with van der Waals surface area (Å²) in [5.74, 6) is 4.96. The third-order valence-electron chi connectivity index (χ3n) is 1.91. The van der Waals surface area contributed by atoms with Crippen molar-refractivity contribution in [2.45, 2.75) is 0 Å². The number of nitrogens with zero attached hydrogens (tertiary/aromatic N) is 1. The number of rotatable bonds is 1. The van der Waals surface area contributed by atoms with E-state index in [2.05, 4.69) is 10.4 Å². The van der Waals surface area contributed by atoms with Crippen LogP contribution in [-0.2, 0) is 0 Å². The van der Waals surface area contributed by atoms with E-state index in [4.69, 9.17) is 5.84 Å². The van der Waals surface area contributed by atoms with E-state index in [1.54, 1.807) is 18.3 Å². The van der Waals surface area contributed by atoms with Gasteiger partial charge in [0.25, 0.3) is 0 Å². The first-order chi connectivity index (χ1) is 6.33. The maximum absolute atomic E-state index is 13.2. The molecule has 1 heterocycles. The van der Waals surface area contributed by atoms with E-state index in [1.165, 1.54) is 12.3 Å². The summed E-state index contributed by atoms with van der Waals surface area (Å²) in [5, 5.41) is 1.20. The third kappa shape index (κ3) is 1.21. The molecule has 3 N–H and O–H groups in total. The highest BCUT2D eigenvalue weighted by atomic mass is 19.1. The zero-order valence-electron chi connectivity index (χ0n) is 6.79. The van der Waals surface area contributed by atoms with Gasteiger partial charge in [0, 0.05) is 17.0 Å². The molecule has 0 saturated heterocycles. The quantitative estimate of drug-likeness (QED) is 0.514.